The van der Waals surface area contributed by atoms with Gasteiger partial charge in [-0.3, -0.25) is 0 Å². The van der Waals surface area contributed by atoms with E-state index in [2.05, 4.69) is 15.2 Å². The van der Waals surface area contributed by atoms with Crippen LogP contribution in [0.25, 0.3) is 0 Å². The first-order valence-corrected chi connectivity index (χ1v) is 7.73. The smallest absolute Gasteiger partial charge is 0.163 e. The lowest BCUT2D eigenvalue weighted by molar-refractivity contribution is 0.299. The third kappa shape index (κ3) is 4.30. The lowest BCUT2D eigenvalue weighted by atomic mass is 10.0. The van der Waals surface area contributed by atoms with Gasteiger partial charge in [-0.1, -0.05) is 12.1 Å². The third-order valence-electron chi connectivity index (χ3n) is 3.42. The largest absolute Gasteiger partial charge is 0.313 e. The van der Waals surface area contributed by atoms with Gasteiger partial charge in [0.25, 0.3) is 0 Å². The van der Waals surface area contributed by atoms with E-state index in [0.717, 1.165) is 24.8 Å². The Morgan fingerprint density at radius 2 is 2.19 bits per heavy atom. The zero-order valence-corrected chi connectivity index (χ0v) is 13.0. The molecule has 114 valence electrons. The fraction of sp³-hybridized carbons (Fsp3) is 0.400. The van der Waals surface area contributed by atoms with E-state index in [0.29, 0.717) is 12.0 Å². The summed E-state index contributed by atoms with van der Waals surface area (Å²) in [6.45, 7) is 1.52. The Balaban J connectivity index is 1.94. The summed E-state index contributed by atoms with van der Waals surface area (Å²) in [7, 11) is 3.75. The molecule has 2 rings (SSSR count). The standard InChI is InChI=1S/C15H19F2N3S/c1-18-14(12-4-3-5-13(16)15(12)17)6-7-20(2)8-11-9-21-10-19-11/h3-5,9-10,14,18H,6-8H2,1-2H3. The van der Waals surface area contributed by atoms with Crippen molar-refractivity contribution in [2.75, 3.05) is 20.6 Å². The fourth-order valence-corrected chi connectivity index (χ4v) is 2.82. The fourth-order valence-electron chi connectivity index (χ4n) is 2.27. The predicted octanol–water partition coefficient (Wildman–Crippen LogP) is 3.20. The van der Waals surface area contributed by atoms with Crippen molar-refractivity contribution in [3.05, 3.63) is 52.0 Å². The predicted molar refractivity (Wildman–Crippen MR) is 81.2 cm³/mol. The molecule has 1 unspecified atom stereocenters. The highest BCUT2D eigenvalue weighted by Gasteiger charge is 2.17. The van der Waals surface area contributed by atoms with E-state index in [1.807, 2.05) is 17.9 Å². The van der Waals surface area contributed by atoms with E-state index in [4.69, 9.17) is 0 Å². The normalized spacial score (nSPS) is 12.8. The molecule has 0 bridgehead atoms. The van der Waals surface area contributed by atoms with Crippen LogP contribution in [0.4, 0.5) is 8.78 Å². The Bertz CT molecular complexity index is 560. The van der Waals surface area contributed by atoms with Crippen molar-refractivity contribution in [2.24, 2.45) is 0 Å². The third-order valence-corrected chi connectivity index (χ3v) is 4.06. The lowest BCUT2D eigenvalue weighted by Crippen LogP contribution is -2.26. The monoisotopic (exact) mass is 311 g/mol. The molecule has 1 aromatic carbocycles. The second-order valence-corrected chi connectivity index (χ2v) is 5.71. The van der Waals surface area contributed by atoms with E-state index in [9.17, 15) is 8.78 Å². The zero-order chi connectivity index (χ0) is 15.2. The highest BCUT2D eigenvalue weighted by atomic mass is 32.1. The van der Waals surface area contributed by atoms with Crippen molar-refractivity contribution >= 4 is 11.3 Å². The van der Waals surface area contributed by atoms with Crippen LogP contribution < -0.4 is 5.32 Å². The minimum Gasteiger partial charge on any atom is -0.313 e. The molecule has 0 aliphatic heterocycles. The van der Waals surface area contributed by atoms with E-state index in [-0.39, 0.29) is 6.04 Å². The van der Waals surface area contributed by atoms with Gasteiger partial charge in [-0.15, -0.1) is 11.3 Å². The van der Waals surface area contributed by atoms with Gasteiger partial charge in [-0.25, -0.2) is 13.8 Å². The summed E-state index contributed by atoms with van der Waals surface area (Å²) in [6.07, 6.45) is 0.692. The average Bonchev–Trinajstić information content (AvgIpc) is 2.96. The van der Waals surface area contributed by atoms with Gasteiger partial charge in [0.1, 0.15) is 0 Å². The lowest BCUT2D eigenvalue weighted by Gasteiger charge is -2.21. The topological polar surface area (TPSA) is 28.2 Å². The number of rotatable bonds is 7. The van der Waals surface area contributed by atoms with E-state index >= 15 is 0 Å². The number of hydrogen-bond acceptors (Lipinski definition) is 4. The molecule has 1 N–H and O–H groups in total. The molecule has 6 heteroatoms. The molecule has 2 aromatic rings. The van der Waals surface area contributed by atoms with E-state index < -0.39 is 11.6 Å². The molecule has 0 aliphatic rings. The Labute approximate surface area is 127 Å². The molecule has 1 heterocycles. The van der Waals surface area contributed by atoms with Crippen molar-refractivity contribution in [2.45, 2.75) is 19.0 Å². The number of nitrogens with zero attached hydrogens (tertiary/aromatic N) is 2. The summed E-state index contributed by atoms with van der Waals surface area (Å²) in [5, 5.41) is 5.07. The molecule has 3 nitrogen and oxygen atoms in total. The number of benzene rings is 1. The van der Waals surface area contributed by atoms with E-state index in [1.165, 1.54) is 6.07 Å². The summed E-state index contributed by atoms with van der Waals surface area (Å²) in [4.78, 5) is 6.36. The van der Waals surface area contributed by atoms with Gasteiger partial charge < -0.3 is 10.2 Å². The number of halogens is 2. The summed E-state index contributed by atoms with van der Waals surface area (Å²) < 4.78 is 27.1. The molecule has 0 spiro atoms. The minimum absolute atomic E-state index is 0.210. The maximum absolute atomic E-state index is 13.8. The number of nitrogens with one attached hydrogen (secondary N) is 1. The van der Waals surface area contributed by atoms with Crippen molar-refractivity contribution in [3.63, 3.8) is 0 Å². The van der Waals surface area contributed by atoms with Gasteiger partial charge in [0, 0.05) is 30.1 Å². The highest BCUT2D eigenvalue weighted by Crippen LogP contribution is 2.22. The molecule has 0 aliphatic carbocycles. The van der Waals surface area contributed by atoms with Crippen molar-refractivity contribution in [3.8, 4) is 0 Å². The zero-order valence-electron chi connectivity index (χ0n) is 12.1. The second kappa shape index (κ2) is 7.59. The maximum atomic E-state index is 13.8. The molecule has 0 amide bonds. The van der Waals surface area contributed by atoms with Gasteiger partial charge in [0.15, 0.2) is 11.6 Å². The average molecular weight is 311 g/mol. The molecule has 0 saturated heterocycles. The van der Waals surface area contributed by atoms with Crippen molar-refractivity contribution in [1.29, 1.82) is 0 Å². The van der Waals surface area contributed by atoms with Gasteiger partial charge in [0.2, 0.25) is 0 Å². The molecule has 21 heavy (non-hydrogen) atoms. The Morgan fingerprint density at radius 1 is 1.38 bits per heavy atom. The van der Waals surface area contributed by atoms with Crippen LogP contribution in [-0.4, -0.2) is 30.5 Å². The maximum Gasteiger partial charge on any atom is 0.163 e. The van der Waals surface area contributed by atoms with E-state index in [1.54, 1.807) is 24.5 Å². The SMILES string of the molecule is CNC(CCN(C)Cc1cscn1)c1cccc(F)c1F. The number of thiazole rings is 1. The van der Waals surface area contributed by atoms with Gasteiger partial charge in [-0.2, -0.15) is 0 Å². The Kier molecular flexibility index (Phi) is 5.78. The van der Waals surface area contributed by atoms with Crippen LogP contribution in [0.1, 0.15) is 23.7 Å². The van der Waals surface area contributed by atoms with Crippen LogP contribution in [0.2, 0.25) is 0 Å². The van der Waals surface area contributed by atoms with Crippen molar-refractivity contribution < 1.29 is 8.78 Å². The quantitative estimate of drug-likeness (QED) is 0.851. The van der Waals surface area contributed by atoms with Crippen LogP contribution in [0.3, 0.4) is 0 Å². The number of aromatic nitrogens is 1. The Morgan fingerprint density at radius 3 is 2.86 bits per heavy atom. The molecule has 0 fully saturated rings. The summed E-state index contributed by atoms with van der Waals surface area (Å²) in [5.41, 5.74) is 3.21. The minimum atomic E-state index is -0.802. The number of hydrogen-bond donors (Lipinski definition) is 1. The summed E-state index contributed by atoms with van der Waals surface area (Å²) in [5.74, 6) is -1.57. The molecule has 1 atom stereocenters. The summed E-state index contributed by atoms with van der Waals surface area (Å²) >= 11 is 1.57. The first kappa shape index (κ1) is 16.0. The van der Waals surface area contributed by atoms with Gasteiger partial charge in [-0.05, 0) is 26.6 Å². The molecule has 0 radical (unpaired) electrons. The first-order chi connectivity index (χ1) is 10.1. The first-order valence-electron chi connectivity index (χ1n) is 6.78. The van der Waals surface area contributed by atoms with Crippen LogP contribution in [0.5, 0.6) is 0 Å². The van der Waals surface area contributed by atoms with Crippen molar-refractivity contribution in [1.82, 2.24) is 15.2 Å². The highest BCUT2D eigenvalue weighted by molar-refractivity contribution is 7.07. The molecule has 1 aromatic heterocycles. The van der Waals surface area contributed by atoms with Crippen LogP contribution >= 0.6 is 11.3 Å². The second-order valence-electron chi connectivity index (χ2n) is 4.99. The van der Waals surface area contributed by atoms with Crippen LogP contribution in [-0.2, 0) is 6.54 Å². The molecular formula is C15H19F2N3S. The van der Waals surface area contributed by atoms with Gasteiger partial charge in [0.05, 0.1) is 11.2 Å². The summed E-state index contributed by atoms with van der Waals surface area (Å²) in [6, 6.07) is 4.09. The van der Waals surface area contributed by atoms with Crippen LogP contribution in [0.15, 0.2) is 29.1 Å². The van der Waals surface area contributed by atoms with Crippen LogP contribution in [0, 0.1) is 11.6 Å². The van der Waals surface area contributed by atoms with Gasteiger partial charge >= 0.3 is 0 Å². The Hall–Kier alpha value is -1.37. The molecular weight excluding hydrogens is 292 g/mol. The molecule has 0 saturated carbocycles.